The third kappa shape index (κ3) is 4.19. The fourth-order valence-corrected chi connectivity index (χ4v) is 2.27. The zero-order valence-corrected chi connectivity index (χ0v) is 11.7. The summed E-state index contributed by atoms with van der Waals surface area (Å²) in [5.41, 5.74) is 0.0145. The smallest absolute Gasteiger partial charge is 0.314 e. The second-order valence-corrected chi connectivity index (χ2v) is 5.13. The van der Waals surface area contributed by atoms with Crippen LogP contribution in [0.5, 0.6) is 0 Å². The van der Waals surface area contributed by atoms with Gasteiger partial charge in [0.25, 0.3) is 0 Å². The van der Waals surface area contributed by atoms with Crippen LogP contribution in [0, 0.1) is 5.41 Å². The average molecular weight is 296 g/mol. The first-order valence-electron chi connectivity index (χ1n) is 6.92. The number of urea groups is 1. The lowest BCUT2D eigenvalue weighted by Gasteiger charge is -2.33. The zero-order valence-electron chi connectivity index (χ0n) is 11.7. The topological polar surface area (TPSA) is 116 Å². The number of hydrogen-bond donors (Lipinski definition) is 4. The van der Waals surface area contributed by atoms with Crippen molar-refractivity contribution in [2.24, 2.45) is 5.41 Å². The Morgan fingerprint density at radius 1 is 1.38 bits per heavy atom. The van der Waals surface area contributed by atoms with Crippen molar-refractivity contribution in [3.63, 3.8) is 0 Å². The lowest BCUT2D eigenvalue weighted by molar-refractivity contribution is -0.154. The molecule has 2 amide bonds. The number of carbonyl (C=O) groups is 2. The largest absolute Gasteiger partial charge is 0.481 e. The first-order valence-corrected chi connectivity index (χ1v) is 6.92. The summed E-state index contributed by atoms with van der Waals surface area (Å²) >= 11 is 0. The van der Waals surface area contributed by atoms with Crippen LogP contribution >= 0.6 is 0 Å². The van der Waals surface area contributed by atoms with E-state index in [0.29, 0.717) is 39.0 Å². The number of hydrogen-bond acceptors (Lipinski definition) is 4. The molecule has 2 rings (SSSR count). The minimum atomic E-state index is -0.918. The molecule has 4 N–H and O–H groups in total. The molecule has 0 aromatic carbocycles. The van der Waals surface area contributed by atoms with E-state index >= 15 is 0 Å². The summed E-state index contributed by atoms with van der Waals surface area (Å²) in [6.07, 6.45) is 4.75. The van der Waals surface area contributed by atoms with Gasteiger partial charge in [-0.3, -0.25) is 4.79 Å². The summed E-state index contributed by atoms with van der Waals surface area (Å²) in [5, 5.41) is 14.7. The van der Waals surface area contributed by atoms with Gasteiger partial charge in [0.05, 0.1) is 11.7 Å². The minimum absolute atomic E-state index is 0.113. The van der Waals surface area contributed by atoms with Crippen molar-refractivity contribution in [3.8, 4) is 0 Å². The van der Waals surface area contributed by atoms with Gasteiger partial charge in [0, 0.05) is 44.6 Å². The number of rotatable bonds is 6. The summed E-state index contributed by atoms with van der Waals surface area (Å²) in [6, 6.07) is -0.360. The van der Waals surface area contributed by atoms with Crippen LogP contribution in [-0.4, -0.2) is 53.4 Å². The third-order valence-corrected chi connectivity index (χ3v) is 3.73. The molecule has 2 heterocycles. The number of nitrogens with one attached hydrogen (secondary N) is 3. The molecule has 0 saturated carbocycles. The number of aromatic nitrogens is 2. The summed E-state index contributed by atoms with van der Waals surface area (Å²) in [6.45, 7) is 1.39. The maximum absolute atomic E-state index is 11.7. The van der Waals surface area contributed by atoms with Gasteiger partial charge in [-0.15, -0.1) is 0 Å². The van der Waals surface area contributed by atoms with Crippen LogP contribution in [0.4, 0.5) is 4.79 Å². The van der Waals surface area contributed by atoms with Crippen LogP contribution in [0.1, 0.15) is 18.5 Å². The second kappa shape index (κ2) is 7.07. The summed E-state index contributed by atoms with van der Waals surface area (Å²) in [7, 11) is 0. The molecule has 0 aliphatic carbocycles. The molecule has 8 nitrogen and oxygen atoms in total. The second-order valence-electron chi connectivity index (χ2n) is 5.13. The predicted molar refractivity (Wildman–Crippen MR) is 73.8 cm³/mol. The molecule has 0 spiro atoms. The highest BCUT2D eigenvalue weighted by Gasteiger charge is 2.40. The van der Waals surface area contributed by atoms with E-state index in [1.165, 1.54) is 0 Å². The summed E-state index contributed by atoms with van der Waals surface area (Å²) in [5.74, 6) is -0.886. The minimum Gasteiger partial charge on any atom is -0.481 e. The maximum Gasteiger partial charge on any atom is 0.314 e. The molecule has 1 saturated heterocycles. The number of carbonyl (C=O) groups excluding carboxylic acids is 1. The molecule has 21 heavy (non-hydrogen) atoms. The number of ether oxygens (including phenoxy) is 1. The van der Waals surface area contributed by atoms with Crippen molar-refractivity contribution in [2.45, 2.75) is 19.3 Å². The highest BCUT2D eigenvalue weighted by molar-refractivity contribution is 5.78. The number of aliphatic carboxylic acids is 1. The first kappa shape index (κ1) is 15.3. The van der Waals surface area contributed by atoms with Crippen molar-refractivity contribution in [1.82, 2.24) is 20.6 Å². The molecule has 1 aromatic rings. The van der Waals surface area contributed by atoms with E-state index in [2.05, 4.69) is 20.6 Å². The standard InChI is InChI=1S/C13H20N4O4/c18-11(19)13(2-5-21-6-3-13)8-16-12(20)15-4-1-10-7-14-9-17-10/h7,9H,1-6,8H2,(H,14,17)(H,18,19)(H2,15,16,20). The Morgan fingerprint density at radius 3 is 2.76 bits per heavy atom. The van der Waals surface area contributed by atoms with Crippen LogP contribution in [0.25, 0.3) is 0 Å². The van der Waals surface area contributed by atoms with Crippen LogP contribution in [-0.2, 0) is 16.0 Å². The van der Waals surface area contributed by atoms with Gasteiger partial charge in [-0.25, -0.2) is 9.78 Å². The van der Waals surface area contributed by atoms with E-state index in [4.69, 9.17) is 4.74 Å². The number of carboxylic acids is 1. The lowest BCUT2D eigenvalue weighted by atomic mass is 9.80. The van der Waals surface area contributed by atoms with E-state index < -0.39 is 11.4 Å². The quantitative estimate of drug-likeness (QED) is 0.595. The van der Waals surface area contributed by atoms with Gasteiger partial charge < -0.3 is 25.5 Å². The maximum atomic E-state index is 11.7. The fraction of sp³-hybridized carbons (Fsp3) is 0.615. The van der Waals surface area contributed by atoms with Crippen molar-refractivity contribution in [1.29, 1.82) is 0 Å². The van der Waals surface area contributed by atoms with E-state index in [1.807, 2.05) is 0 Å². The molecule has 0 atom stereocenters. The number of imidazole rings is 1. The molecular formula is C13H20N4O4. The molecule has 0 unspecified atom stereocenters. The number of H-pyrrole nitrogens is 1. The molecule has 1 aliphatic heterocycles. The summed E-state index contributed by atoms with van der Waals surface area (Å²) < 4.78 is 5.19. The summed E-state index contributed by atoms with van der Waals surface area (Å²) in [4.78, 5) is 30.0. The van der Waals surface area contributed by atoms with E-state index in [0.717, 1.165) is 5.69 Å². The van der Waals surface area contributed by atoms with Crippen molar-refractivity contribution in [2.75, 3.05) is 26.3 Å². The predicted octanol–water partition coefficient (Wildman–Crippen LogP) is 0.133. The monoisotopic (exact) mass is 296 g/mol. The zero-order chi connectivity index (χ0) is 15.1. The van der Waals surface area contributed by atoms with Gasteiger partial charge >= 0.3 is 12.0 Å². The third-order valence-electron chi connectivity index (χ3n) is 3.73. The van der Waals surface area contributed by atoms with Crippen LogP contribution in [0.15, 0.2) is 12.5 Å². The van der Waals surface area contributed by atoms with Crippen molar-refractivity contribution in [3.05, 3.63) is 18.2 Å². The molecule has 8 heteroatoms. The number of amides is 2. The lowest BCUT2D eigenvalue weighted by Crippen LogP contribution is -2.49. The van der Waals surface area contributed by atoms with Gasteiger partial charge in [-0.05, 0) is 12.8 Å². The van der Waals surface area contributed by atoms with Crippen LogP contribution in [0.3, 0.4) is 0 Å². The Balaban J connectivity index is 1.72. The van der Waals surface area contributed by atoms with E-state index in [1.54, 1.807) is 12.5 Å². The van der Waals surface area contributed by atoms with E-state index in [-0.39, 0.29) is 12.6 Å². The molecule has 1 aliphatic rings. The van der Waals surface area contributed by atoms with Gasteiger partial charge in [-0.1, -0.05) is 0 Å². The number of carboxylic acid groups (broad SMARTS) is 1. The average Bonchev–Trinajstić information content (AvgIpc) is 2.99. The highest BCUT2D eigenvalue weighted by Crippen LogP contribution is 2.29. The molecular weight excluding hydrogens is 276 g/mol. The Bertz CT molecular complexity index is 469. The number of aromatic amines is 1. The molecule has 116 valence electrons. The molecule has 1 fully saturated rings. The molecule has 0 bridgehead atoms. The van der Waals surface area contributed by atoms with Crippen molar-refractivity contribution < 1.29 is 19.4 Å². The van der Waals surface area contributed by atoms with Crippen LogP contribution < -0.4 is 10.6 Å². The van der Waals surface area contributed by atoms with Crippen LogP contribution in [0.2, 0.25) is 0 Å². The van der Waals surface area contributed by atoms with Gasteiger partial charge in [0.2, 0.25) is 0 Å². The molecule has 0 radical (unpaired) electrons. The Morgan fingerprint density at radius 2 is 2.14 bits per heavy atom. The van der Waals surface area contributed by atoms with Gasteiger partial charge in [-0.2, -0.15) is 0 Å². The fourth-order valence-electron chi connectivity index (χ4n) is 2.27. The Labute approximate surface area is 122 Å². The van der Waals surface area contributed by atoms with E-state index in [9.17, 15) is 14.7 Å². The first-order chi connectivity index (χ1) is 10.1. The Hall–Kier alpha value is -2.09. The highest BCUT2D eigenvalue weighted by atomic mass is 16.5. The van der Waals surface area contributed by atoms with Gasteiger partial charge in [0.15, 0.2) is 0 Å². The van der Waals surface area contributed by atoms with Gasteiger partial charge in [0.1, 0.15) is 0 Å². The number of nitrogens with zero attached hydrogens (tertiary/aromatic N) is 1. The normalized spacial score (nSPS) is 17.1. The Kier molecular flexibility index (Phi) is 5.15. The van der Waals surface area contributed by atoms with Crippen molar-refractivity contribution >= 4 is 12.0 Å². The SMILES string of the molecule is O=C(NCCc1cnc[nH]1)NCC1(C(=O)O)CCOCC1. The molecule has 1 aromatic heterocycles.